The smallest absolute Gasteiger partial charge is 0.257 e. The fraction of sp³-hybridized carbons (Fsp3) is 0.550. The number of hydrogen-bond donors (Lipinski definition) is 1. The first-order valence-corrected chi connectivity index (χ1v) is 10.5. The van der Waals surface area contributed by atoms with Crippen LogP contribution in [0.3, 0.4) is 0 Å². The van der Waals surface area contributed by atoms with Gasteiger partial charge in [-0.2, -0.15) is 0 Å². The highest BCUT2D eigenvalue weighted by molar-refractivity contribution is 7.15. The maximum Gasteiger partial charge on any atom is 0.257 e. The van der Waals surface area contributed by atoms with Gasteiger partial charge in [0.05, 0.1) is 6.10 Å². The summed E-state index contributed by atoms with van der Waals surface area (Å²) >= 11 is 1.51. The molecule has 5 nitrogen and oxygen atoms in total. The lowest BCUT2D eigenvalue weighted by Crippen LogP contribution is -2.13. The summed E-state index contributed by atoms with van der Waals surface area (Å²) in [5, 5.41) is 13.0. The van der Waals surface area contributed by atoms with Crippen LogP contribution >= 0.6 is 11.3 Å². The van der Waals surface area contributed by atoms with Crippen LogP contribution in [0.2, 0.25) is 0 Å². The molecule has 1 aromatic heterocycles. The van der Waals surface area contributed by atoms with Crippen molar-refractivity contribution in [3.8, 4) is 5.75 Å². The minimum atomic E-state index is -0.149. The Bertz CT molecular complexity index is 732. The van der Waals surface area contributed by atoms with E-state index in [1.54, 1.807) is 0 Å². The average Bonchev–Trinajstić information content (AvgIpc) is 3.35. The van der Waals surface area contributed by atoms with Gasteiger partial charge in [-0.15, -0.1) is 10.2 Å². The molecule has 0 spiro atoms. The van der Waals surface area contributed by atoms with Gasteiger partial charge in [-0.3, -0.25) is 10.1 Å². The Balaban J connectivity index is 1.34. The molecule has 1 heterocycles. The number of anilines is 1. The second-order valence-electron chi connectivity index (χ2n) is 7.28. The first-order valence-electron chi connectivity index (χ1n) is 9.69. The molecular weight excluding hydrogens is 346 g/mol. The van der Waals surface area contributed by atoms with E-state index in [0.29, 0.717) is 22.7 Å². The van der Waals surface area contributed by atoms with Crippen LogP contribution in [0.1, 0.15) is 79.1 Å². The second kappa shape index (κ2) is 8.16. The van der Waals surface area contributed by atoms with Crippen LogP contribution in [0.4, 0.5) is 5.13 Å². The molecule has 6 heteroatoms. The highest BCUT2D eigenvalue weighted by atomic mass is 32.1. The molecule has 1 N–H and O–H groups in total. The third kappa shape index (κ3) is 4.23. The molecule has 4 rings (SSSR count). The molecule has 0 radical (unpaired) electrons. The molecule has 0 aliphatic heterocycles. The number of nitrogens with one attached hydrogen (secondary N) is 1. The van der Waals surface area contributed by atoms with Gasteiger partial charge >= 0.3 is 0 Å². The van der Waals surface area contributed by atoms with Crippen molar-refractivity contribution in [3.05, 3.63) is 34.8 Å². The predicted molar refractivity (Wildman–Crippen MR) is 103 cm³/mol. The van der Waals surface area contributed by atoms with Gasteiger partial charge in [0.25, 0.3) is 5.91 Å². The molecule has 138 valence electrons. The van der Waals surface area contributed by atoms with Crippen molar-refractivity contribution < 1.29 is 9.53 Å². The molecule has 2 aromatic rings. The quantitative estimate of drug-likeness (QED) is 0.788. The third-order valence-corrected chi connectivity index (χ3v) is 6.34. The molecule has 1 amide bonds. The van der Waals surface area contributed by atoms with Gasteiger partial charge in [0.2, 0.25) is 5.13 Å². The topological polar surface area (TPSA) is 64.1 Å². The lowest BCUT2D eigenvalue weighted by Gasteiger charge is -2.18. The number of carbonyl (C=O) groups excluding carboxylic acids is 1. The fourth-order valence-corrected chi connectivity index (χ4v) is 4.76. The Morgan fingerprint density at radius 3 is 2.38 bits per heavy atom. The number of rotatable bonds is 5. The Morgan fingerprint density at radius 1 is 0.962 bits per heavy atom. The summed E-state index contributed by atoms with van der Waals surface area (Å²) in [4.78, 5) is 12.4. The lowest BCUT2D eigenvalue weighted by atomic mass is 9.90. The van der Waals surface area contributed by atoms with E-state index in [-0.39, 0.29) is 5.91 Å². The molecule has 0 bridgehead atoms. The summed E-state index contributed by atoms with van der Waals surface area (Å²) in [5.74, 6) is 1.20. The highest BCUT2D eigenvalue weighted by Gasteiger charge is 2.20. The molecule has 0 saturated heterocycles. The first-order chi connectivity index (χ1) is 12.8. The van der Waals surface area contributed by atoms with Gasteiger partial charge in [0.15, 0.2) is 0 Å². The first kappa shape index (κ1) is 17.5. The molecular formula is C20H25N3O2S. The molecule has 2 aliphatic carbocycles. The summed E-state index contributed by atoms with van der Waals surface area (Å²) < 4.78 is 5.95. The van der Waals surface area contributed by atoms with E-state index in [0.717, 1.165) is 23.6 Å². The molecule has 0 unspecified atom stereocenters. The SMILES string of the molecule is O=C(Nc1nnc(C2CCCCC2)s1)c1ccc(OC2CCCC2)cc1. The van der Waals surface area contributed by atoms with Crippen molar-refractivity contribution in [3.63, 3.8) is 0 Å². The van der Waals surface area contributed by atoms with Crippen molar-refractivity contribution >= 4 is 22.4 Å². The van der Waals surface area contributed by atoms with Crippen molar-refractivity contribution in [1.82, 2.24) is 10.2 Å². The fourth-order valence-electron chi connectivity index (χ4n) is 3.85. The van der Waals surface area contributed by atoms with E-state index >= 15 is 0 Å². The van der Waals surface area contributed by atoms with Gasteiger partial charge in [0.1, 0.15) is 10.8 Å². The van der Waals surface area contributed by atoms with Gasteiger partial charge in [-0.1, -0.05) is 30.6 Å². The summed E-state index contributed by atoms with van der Waals surface area (Å²) in [7, 11) is 0. The van der Waals surface area contributed by atoms with Crippen molar-refractivity contribution in [2.75, 3.05) is 5.32 Å². The maximum absolute atomic E-state index is 12.4. The molecule has 0 atom stereocenters. The van der Waals surface area contributed by atoms with Gasteiger partial charge in [-0.25, -0.2) is 0 Å². The molecule has 26 heavy (non-hydrogen) atoms. The van der Waals surface area contributed by atoms with E-state index in [1.165, 1.54) is 56.3 Å². The van der Waals surface area contributed by atoms with Gasteiger partial charge < -0.3 is 4.74 Å². The number of ether oxygens (including phenoxy) is 1. The van der Waals surface area contributed by atoms with E-state index in [9.17, 15) is 4.79 Å². The monoisotopic (exact) mass is 371 g/mol. The Morgan fingerprint density at radius 2 is 1.65 bits per heavy atom. The summed E-state index contributed by atoms with van der Waals surface area (Å²) in [5.41, 5.74) is 0.609. The maximum atomic E-state index is 12.4. The van der Waals surface area contributed by atoms with Gasteiger partial charge in [-0.05, 0) is 62.8 Å². The predicted octanol–water partition coefficient (Wildman–Crippen LogP) is 5.16. The second-order valence-corrected chi connectivity index (χ2v) is 8.29. The van der Waals surface area contributed by atoms with Crippen LogP contribution in [0, 0.1) is 0 Å². The highest BCUT2D eigenvalue weighted by Crippen LogP contribution is 2.35. The van der Waals surface area contributed by atoms with Crippen molar-refractivity contribution in [2.24, 2.45) is 0 Å². The number of benzene rings is 1. The zero-order chi connectivity index (χ0) is 17.8. The normalized spacial score (nSPS) is 18.8. The zero-order valence-electron chi connectivity index (χ0n) is 14.9. The molecule has 1 aromatic carbocycles. The number of carbonyl (C=O) groups is 1. The molecule has 2 aliphatic rings. The number of aromatic nitrogens is 2. The Labute approximate surface area is 158 Å². The molecule has 2 fully saturated rings. The summed E-state index contributed by atoms with van der Waals surface area (Å²) in [6, 6.07) is 7.37. The largest absolute Gasteiger partial charge is 0.490 e. The van der Waals surface area contributed by atoms with Crippen molar-refractivity contribution in [1.29, 1.82) is 0 Å². The van der Waals surface area contributed by atoms with E-state index in [2.05, 4.69) is 15.5 Å². The minimum absolute atomic E-state index is 0.149. The minimum Gasteiger partial charge on any atom is -0.490 e. The average molecular weight is 372 g/mol. The number of nitrogens with zero attached hydrogens (tertiary/aromatic N) is 2. The van der Waals surface area contributed by atoms with E-state index in [1.807, 2.05) is 24.3 Å². The van der Waals surface area contributed by atoms with Crippen LogP contribution in [-0.4, -0.2) is 22.2 Å². The van der Waals surface area contributed by atoms with Crippen molar-refractivity contribution in [2.45, 2.75) is 69.8 Å². The number of amides is 1. The van der Waals surface area contributed by atoms with Crippen LogP contribution in [0.5, 0.6) is 5.75 Å². The van der Waals surface area contributed by atoms with Crippen LogP contribution in [0.25, 0.3) is 0 Å². The standard InChI is InChI=1S/C20H25N3O2S/c24-18(14-10-12-17(13-11-14)25-16-8-4-5-9-16)21-20-23-22-19(26-20)15-6-2-1-3-7-15/h10-13,15-16H,1-9H2,(H,21,23,24). The molecule has 2 saturated carbocycles. The van der Waals surface area contributed by atoms with Crippen LogP contribution in [-0.2, 0) is 0 Å². The Hall–Kier alpha value is -1.95. The lowest BCUT2D eigenvalue weighted by molar-refractivity contribution is 0.102. The third-order valence-electron chi connectivity index (χ3n) is 5.34. The Kier molecular flexibility index (Phi) is 5.48. The van der Waals surface area contributed by atoms with Crippen LogP contribution in [0.15, 0.2) is 24.3 Å². The van der Waals surface area contributed by atoms with Gasteiger partial charge in [0, 0.05) is 11.5 Å². The van der Waals surface area contributed by atoms with Crippen LogP contribution < -0.4 is 10.1 Å². The summed E-state index contributed by atoms with van der Waals surface area (Å²) in [6.07, 6.45) is 11.3. The van der Waals surface area contributed by atoms with E-state index in [4.69, 9.17) is 4.74 Å². The zero-order valence-corrected chi connectivity index (χ0v) is 15.8. The number of hydrogen-bond acceptors (Lipinski definition) is 5. The van der Waals surface area contributed by atoms with E-state index < -0.39 is 0 Å². The summed E-state index contributed by atoms with van der Waals surface area (Å²) in [6.45, 7) is 0.